The van der Waals surface area contributed by atoms with Crippen LogP contribution in [0.4, 0.5) is 4.79 Å². The lowest BCUT2D eigenvalue weighted by atomic mass is 9.76. The number of hydrogen-bond acceptors (Lipinski definition) is 2. The van der Waals surface area contributed by atoms with Gasteiger partial charge in [-0.2, -0.15) is 0 Å². The van der Waals surface area contributed by atoms with Gasteiger partial charge in [0.25, 0.3) is 0 Å². The van der Waals surface area contributed by atoms with E-state index in [1.165, 1.54) is 5.56 Å². The lowest BCUT2D eigenvalue weighted by Crippen LogP contribution is -2.48. The maximum atomic E-state index is 12.2. The van der Waals surface area contributed by atoms with E-state index in [1.54, 1.807) is 0 Å². The van der Waals surface area contributed by atoms with Crippen LogP contribution in [0.15, 0.2) is 36.5 Å². The van der Waals surface area contributed by atoms with Crippen LogP contribution in [0.1, 0.15) is 54.6 Å². The lowest BCUT2D eigenvalue weighted by molar-refractivity contribution is 0.221. The van der Waals surface area contributed by atoms with Crippen molar-refractivity contribution in [2.45, 2.75) is 57.0 Å². The van der Waals surface area contributed by atoms with Gasteiger partial charge in [-0.1, -0.05) is 30.3 Å². The molecule has 1 aromatic carbocycles. The Labute approximate surface area is 148 Å². The highest BCUT2D eigenvalue weighted by Gasteiger charge is 2.31. The van der Waals surface area contributed by atoms with Crippen molar-refractivity contribution in [3.63, 3.8) is 0 Å². The Bertz CT molecular complexity index is 733. The zero-order chi connectivity index (χ0) is 17.2. The molecule has 1 aliphatic heterocycles. The van der Waals surface area contributed by atoms with E-state index in [0.29, 0.717) is 24.4 Å². The molecule has 0 saturated heterocycles. The van der Waals surface area contributed by atoms with Crippen molar-refractivity contribution >= 4 is 6.03 Å². The molecular formula is C20H26N4O. The van der Waals surface area contributed by atoms with Crippen molar-refractivity contribution < 1.29 is 4.79 Å². The highest BCUT2D eigenvalue weighted by atomic mass is 16.2. The largest absolute Gasteiger partial charge is 0.337 e. The Balaban J connectivity index is 1.23. The van der Waals surface area contributed by atoms with Crippen LogP contribution < -0.4 is 10.6 Å². The van der Waals surface area contributed by atoms with Crippen LogP contribution in [0, 0.1) is 6.92 Å². The maximum Gasteiger partial charge on any atom is 0.315 e. The first kappa shape index (κ1) is 16.2. The molecule has 2 aliphatic rings. The van der Waals surface area contributed by atoms with Gasteiger partial charge >= 0.3 is 6.03 Å². The summed E-state index contributed by atoms with van der Waals surface area (Å²) in [5, 5.41) is 6.16. The number of imidazole rings is 1. The van der Waals surface area contributed by atoms with Gasteiger partial charge in [0, 0.05) is 31.2 Å². The molecule has 1 saturated carbocycles. The Hall–Kier alpha value is -2.30. The van der Waals surface area contributed by atoms with E-state index in [-0.39, 0.29) is 6.03 Å². The molecule has 25 heavy (non-hydrogen) atoms. The summed E-state index contributed by atoms with van der Waals surface area (Å²) < 4.78 is 2.24. The summed E-state index contributed by atoms with van der Waals surface area (Å²) >= 11 is 0. The third-order valence-corrected chi connectivity index (χ3v) is 5.50. The Kier molecular flexibility index (Phi) is 4.47. The monoisotopic (exact) mass is 338 g/mol. The van der Waals surface area contributed by atoms with Gasteiger partial charge in [0.2, 0.25) is 0 Å². The summed E-state index contributed by atoms with van der Waals surface area (Å²) in [6.45, 7) is 3.74. The van der Waals surface area contributed by atoms with E-state index in [2.05, 4.69) is 50.6 Å². The normalized spacial score (nSPS) is 24.9. The molecular weight excluding hydrogens is 312 g/mol. The van der Waals surface area contributed by atoms with Gasteiger partial charge in [0.15, 0.2) is 0 Å². The number of aryl methyl sites for hydroxylation is 2. The zero-order valence-corrected chi connectivity index (χ0v) is 14.7. The average Bonchev–Trinajstić information content (AvgIpc) is 2.97. The molecule has 132 valence electrons. The summed E-state index contributed by atoms with van der Waals surface area (Å²) in [4.78, 5) is 16.8. The van der Waals surface area contributed by atoms with Crippen LogP contribution in [0.25, 0.3) is 0 Å². The lowest BCUT2D eigenvalue weighted by Gasteiger charge is -2.36. The Morgan fingerprint density at radius 3 is 2.88 bits per heavy atom. The van der Waals surface area contributed by atoms with Crippen LogP contribution in [0.2, 0.25) is 0 Å². The first-order valence-electron chi connectivity index (χ1n) is 9.32. The quantitative estimate of drug-likeness (QED) is 0.898. The van der Waals surface area contributed by atoms with Gasteiger partial charge in [0.05, 0.1) is 5.69 Å². The molecule has 0 radical (unpaired) electrons. The minimum atomic E-state index is -0.0445. The van der Waals surface area contributed by atoms with Gasteiger partial charge in [-0.05, 0) is 44.1 Å². The molecule has 2 amide bonds. The van der Waals surface area contributed by atoms with E-state index >= 15 is 0 Å². The van der Waals surface area contributed by atoms with Gasteiger partial charge in [-0.15, -0.1) is 0 Å². The minimum absolute atomic E-state index is 0.0445. The molecule has 1 unspecified atom stereocenters. The second-order valence-corrected chi connectivity index (χ2v) is 7.40. The second-order valence-electron chi connectivity index (χ2n) is 7.40. The number of carbonyl (C=O) groups excluding carboxylic acids is 1. The Morgan fingerprint density at radius 1 is 1.28 bits per heavy atom. The standard InChI is InChI=1S/C20H26N4O/c1-14-13-24-9-5-8-16(19(24)22-14)12-21-20(25)23-18-10-17(11-18)15-6-3-2-4-7-15/h2-4,6-7,13,16-18H,5,8-12H2,1H3,(H2,21,23,25). The number of nitrogens with zero attached hydrogens (tertiary/aromatic N) is 2. The van der Waals surface area contributed by atoms with Gasteiger partial charge in [0.1, 0.15) is 5.82 Å². The second kappa shape index (κ2) is 6.90. The fourth-order valence-electron chi connectivity index (χ4n) is 4.09. The summed E-state index contributed by atoms with van der Waals surface area (Å²) in [7, 11) is 0. The number of carbonyl (C=O) groups is 1. The number of hydrogen-bond donors (Lipinski definition) is 2. The van der Waals surface area contributed by atoms with E-state index in [1.807, 2.05) is 13.0 Å². The van der Waals surface area contributed by atoms with Gasteiger partial charge in [-0.3, -0.25) is 0 Å². The molecule has 0 spiro atoms. The summed E-state index contributed by atoms with van der Waals surface area (Å²) in [5.74, 6) is 2.03. The molecule has 5 heteroatoms. The van der Waals surface area contributed by atoms with Crippen molar-refractivity contribution in [2.24, 2.45) is 0 Å². The average molecular weight is 338 g/mol. The fraction of sp³-hybridized carbons (Fsp3) is 0.500. The predicted molar refractivity (Wildman–Crippen MR) is 97.7 cm³/mol. The molecule has 1 aromatic heterocycles. The van der Waals surface area contributed by atoms with E-state index in [4.69, 9.17) is 0 Å². The molecule has 5 nitrogen and oxygen atoms in total. The molecule has 2 heterocycles. The maximum absolute atomic E-state index is 12.2. The minimum Gasteiger partial charge on any atom is -0.337 e. The van der Waals surface area contributed by atoms with Crippen molar-refractivity contribution in [1.29, 1.82) is 0 Å². The molecule has 4 rings (SSSR count). The topological polar surface area (TPSA) is 59.0 Å². The molecule has 1 aliphatic carbocycles. The highest BCUT2D eigenvalue weighted by molar-refractivity contribution is 5.74. The summed E-state index contributed by atoms with van der Waals surface area (Å²) in [6, 6.07) is 10.8. The predicted octanol–water partition coefficient (Wildman–Crippen LogP) is 3.31. The number of nitrogens with one attached hydrogen (secondary N) is 2. The molecule has 2 N–H and O–H groups in total. The smallest absolute Gasteiger partial charge is 0.315 e. The zero-order valence-electron chi connectivity index (χ0n) is 14.7. The number of aromatic nitrogens is 2. The van der Waals surface area contributed by atoms with E-state index in [0.717, 1.165) is 43.7 Å². The van der Waals surface area contributed by atoms with E-state index < -0.39 is 0 Å². The molecule has 2 aromatic rings. The van der Waals surface area contributed by atoms with Crippen molar-refractivity contribution in [1.82, 2.24) is 20.2 Å². The van der Waals surface area contributed by atoms with E-state index in [9.17, 15) is 4.79 Å². The first-order valence-corrected chi connectivity index (χ1v) is 9.32. The third kappa shape index (κ3) is 3.55. The number of rotatable bonds is 4. The number of benzene rings is 1. The Morgan fingerprint density at radius 2 is 2.08 bits per heavy atom. The van der Waals surface area contributed by atoms with Crippen LogP contribution >= 0.6 is 0 Å². The number of amides is 2. The van der Waals surface area contributed by atoms with Crippen LogP contribution in [-0.2, 0) is 6.54 Å². The van der Waals surface area contributed by atoms with Crippen LogP contribution in [0.5, 0.6) is 0 Å². The SMILES string of the molecule is Cc1cn2c(n1)C(CNC(=O)NC1CC(c3ccccc3)C1)CCC2. The van der Waals surface area contributed by atoms with Crippen LogP contribution in [-0.4, -0.2) is 28.2 Å². The van der Waals surface area contributed by atoms with Crippen molar-refractivity contribution in [3.05, 3.63) is 53.6 Å². The number of urea groups is 1. The molecule has 0 bridgehead atoms. The van der Waals surface area contributed by atoms with Crippen LogP contribution in [0.3, 0.4) is 0 Å². The third-order valence-electron chi connectivity index (χ3n) is 5.50. The highest BCUT2D eigenvalue weighted by Crippen LogP contribution is 2.36. The van der Waals surface area contributed by atoms with Crippen molar-refractivity contribution in [3.8, 4) is 0 Å². The number of fused-ring (bicyclic) bond motifs is 1. The summed E-state index contributed by atoms with van der Waals surface area (Å²) in [5.41, 5.74) is 2.44. The molecule has 1 atom stereocenters. The van der Waals surface area contributed by atoms with Gasteiger partial charge in [-0.25, -0.2) is 9.78 Å². The first-order chi connectivity index (χ1) is 12.2. The van der Waals surface area contributed by atoms with Gasteiger partial charge < -0.3 is 15.2 Å². The van der Waals surface area contributed by atoms with Crippen molar-refractivity contribution in [2.75, 3.05) is 6.54 Å². The molecule has 1 fully saturated rings. The fourth-order valence-corrected chi connectivity index (χ4v) is 4.09. The summed E-state index contributed by atoms with van der Waals surface area (Å²) in [6.07, 6.45) is 6.42.